The molecule has 0 spiro atoms. The Hall–Kier alpha value is -4.58. The van der Waals surface area contributed by atoms with E-state index in [9.17, 15) is 23.4 Å². The van der Waals surface area contributed by atoms with Gasteiger partial charge in [-0.05, 0) is 55.3 Å². The van der Waals surface area contributed by atoms with E-state index in [1.165, 1.54) is 16.4 Å². The van der Waals surface area contributed by atoms with Crippen molar-refractivity contribution in [2.24, 2.45) is 10.7 Å². The molecule has 2 aliphatic rings. The number of nitrogens with two attached hydrogens (primary N) is 1. The number of hydrogen-bond acceptors (Lipinski definition) is 8. The molecule has 11 heteroatoms. The molecule has 1 aliphatic heterocycles. The highest BCUT2D eigenvalue weighted by atomic mass is 32.2. The van der Waals surface area contributed by atoms with Gasteiger partial charge < -0.3 is 21.3 Å². The Morgan fingerprint density at radius 2 is 1.84 bits per heavy atom. The number of rotatable bonds is 11. The summed E-state index contributed by atoms with van der Waals surface area (Å²) in [5, 5.41) is 24.6. The van der Waals surface area contributed by atoms with Crippen LogP contribution in [0.5, 0.6) is 5.75 Å². The minimum atomic E-state index is -4.11. The first-order valence-corrected chi connectivity index (χ1v) is 15.2. The van der Waals surface area contributed by atoms with Crippen LogP contribution in [0.4, 0.5) is 0 Å². The third kappa shape index (κ3) is 6.91. The highest BCUT2D eigenvalue weighted by molar-refractivity contribution is 7.93. The quantitative estimate of drug-likeness (QED) is 0.264. The van der Waals surface area contributed by atoms with Crippen molar-refractivity contribution in [1.29, 1.82) is 0 Å². The number of sulfonamides is 1. The van der Waals surface area contributed by atoms with E-state index < -0.39 is 28.1 Å². The van der Waals surface area contributed by atoms with Gasteiger partial charge >= 0.3 is 0 Å². The van der Waals surface area contributed by atoms with Gasteiger partial charge in [0, 0.05) is 35.9 Å². The van der Waals surface area contributed by atoms with Gasteiger partial charge in [-0.2, -0.15) is 4.31 Å². The highest BCUT2D eigenvalue weighted by Crippen LogP contribution is 2.29. The molecule has 43 heavy (non-hydrogen) atoms. The van der Waals surface area contributed by atoms with Crippen molar-refractivity contribution in [2.45, 2.75) is 38.5 Å². The topological polar surface area (TPSA) is 158 Å². The Morgan fingerprint density at radius 1 is 1.07 bits per heavy atom. The summed E-state index contributed by atoms with van der Waals surface area (Å²) >= 11 is 0. The number of aliphatic imine (C=N–C) groups is 1. The number of nitrogens with zero attached hydrogens (tertiary/aromatic N) is 3. The third-order valence-electron chi connectivity index (χ3n) is 7.45. The standard InChI is InChI=1S/C32H33N5O5S/c1-21-26(11-7-12-29(21)38)32(40)36-28(16-22-8-3-2-4-9-22)30(39)20-37(19-24-10-5-6-15-34-24)43(41,42)25-14-13-23-17-31(33)35-27(23)18-25/h2-15,17,28,30,38-39H,16,18-20,33H2,1H3,(H,36,40). The SMILES string of the molecule is Cc1c(O)cccc1C(=O)NC(Cc1ccccc1)C(O)CN(Cc1ccccn1)S(=O)(=O)C1=CC=C2C=C(N)N=C2C1. The monoisotopic (exact) mass is 599 g/mol. The zero-order chi connectivity index (χ0) is 30.6. The number of aromatic nitrogens is 1. The number of nitrogens with one attached hydrogen (secondary N) is 1. The Morgan fingerprint density at radius 3 is 2.58 bits per heavy atom. The maximum absolute atomic E-state index is 14.1. The van der Waals surface area contributed by atoms with Crippen molar-refractivity contribution in [3.8, 4) is 5.75 Å². The van der Waals surface area contributed by atoms with E-state index in [1.807, 2.05) is 30.3 Å². The molecule has 2 aromatic carbocycles. The number of fused-ring (bicyclic) bond motifs is 1. The normalized spacial score (nSPS) is 16.0. The summed E-state index contributed by atoms with van der Waals surface area (Å²) in [5.74, 6) is -0.206. The van der Waals surface area contributed by atoms with Crippen molar-refractivity contribution in [3.63, 3.8) is 0 Å². The van der Waals surface area contributed by atoms with Gasteiger partial charge in [-0.15, -0.1) is 0 Å². The number of aliphatic hydroxyl groups is 1. The molecule has 2 heterocycles. The summed E-state index contributed by atoms with van der Waals surface area (Å²) in [5.41, 5.74) is 9.15. The van der Waals surface area contributed by atoms with Gasteiger partial charge in [-0.25, -0.2) is 13.4 Å². The summed E-state index contributed by atoms with van der Waals surface area (Å²) in [7, 11) is -4.11. The van der Waals surface area contributed by atoms with Crippen LogP contribution in [-0.2, 0) is 23.0 Å². The number of benzene rings is 2. The maximum Gasteiger partial charge on any atom is 0.252 e. The van der Waals surface area contributed by atoms with E-state index in [4.69, 9.17) is 5.73 Å². The molecule has 0 radical (unpaired) electrons. The van der Waals surface area contributed by atoms with Crippen LogP contribution in [-0.4, -0.2) is 58.2 Å². The van der Waals surface area contributed by atoms with Gasteiger partial charge in [-0.1, -0.05) is 48.5 Å². The van der Waals surface area contributed by atoms with Crippen LogP contribution in [0.3, 0.4) is 0 Å². The molecule has 0 saturated heterocycles. The van der Waals surface area contributed by atoms with Crippen molar-refractivity contribution in [1.82, 2.24) is 14.6 Å². The van der Waals surface area contributed by atoms with E-state index in [2.05, 4.69) is 15.3 Å². The number of phenols is 1. The summed E-state index contributed by atoms with van der Waals surface area (Å²) in [6.07, 6.45) is 5.45. The number of aromatic hydroxyl groups is 1. The van der Waals surface area contributed by atoms with E-state index in [1.54, 1.807) is 55.6 Å². The largest absolute Gasteiger partial charge is 0.508 e. The Bertz CT molecular complexity index is 1730. The summed E-state index contributed by atoms with van der Waals surface area (Å²) in [6, 6.07) is 18.3. The van der Waals surface area contributed by atoms with E-state index in [-0.39, 0.29) is 42.1 Å². The van der Waals surface area contributed by atoms with E-state index in [0.717, 1.165) is 11.1 Å². The van der Waals surface area contributed by atoms with E-state index >= 15 is 0 Å². The molecule has 1 amide bonds. The highest BCUT2D eigenvalue weighted by Gasteiger charge is 2.34. The summed E-state index contributed by atoms with van der Waals surface area (Å²) < 4.78 is 29.3. The van der Waals surface area contributed by atoms with Crippen molar-refractivity contribution >= 4 is 21.6 Å². The molecule has 222 valence electrons. The Kier molecular flexibility index (Phi) is 8.86. The van der Waals surface area contributed by atoms with Crippen LogP contribution in [0, 0.1) is 6.92 Å². The predicted octanol–water partition coefficient (Wildman–Crippen LogP) is 3.10. The fourth-order valence-electron chi connectivity index (χ4n) is 5.05. The first kappa shape index (κ1) is 29.9. The number of carbonyl (C=O) groups excluding carboxylic acids is 1. The minimum Gasteiger partial charge on any atom is -0.508 e. The van der Waals surface area contributed by atoms with Crippen molar-refractivity contribution < 1.29 is 23.4 Å². The molecule has 3 aromatic rings. The lowest BCUT2D eigenvalue weighted by atomic mass is 9.99. The Labute approximate surface area is 250 Å². The summed E-state index contributed by atoms with van der Waals surface area (Å²) in [6.45, 7) is 1.21. The number of pyridine rings is 1. The second-order valence-electron chi connectivity index (χ2n) is 10.5. The van der Waals surface area contributed by atoms with Gasteiger partial charge in [0.1, 0.15) is 11.6 Å². The lowest BCUT2D eigenvalue weighted by Gasteiger charge is -2.31. The van der Waals surface area contributed by atoms with E-state index in [0.29, 0.717) is 22.8 Å². The zero-order valence-electron chi connectivity index (χ0n) is 23.6. The second kappa shape index (κ2) is 12.7. The minimum absolute atomic E-state index is 0.0257. The van der Waals surface area contributed by atoms with Crippen LogP contribution in [0.2, 0.25) is 0 Å². The molecule has 5 N–H and O–H groups in total. The van der Waals surface area contributed by atoms with Crippen LogP contribution in [0.15, 0.2) is 112 Å². The molecular formula is C32H33N5O5S. The second-order valence-corrected chi connectivity index (χ2v) is 12.5. The van der Waals surface area contributed by atoms with Crippen LogP contribution in [0.25, 0.3) is 0 Å². The lowest BCUT2D eigenvalue weighted by molar-refractivity contribution is 0.0778. The molecule has 1 aliphatic carbocycles. The molecular weight excluding hydrogens is 566 g/mol. The van der Waals surface area contributed by atoms with Crippen molar-refractivity contribution in [2.75, 3.05) is 6.54 Å². The molecule has 5 rings (SSSR count). The molecule has 2 atom stereocenters. The van der Waals surface area contributed by atoms with Gasteiger partial charge in [-0.3, -0.25) is 9.78 Å². The van der Waals surface area contributed by atoms with Gasteiger partial charge in [0.2, 0.25) is 10.0 Å². The first-order chi connectivity index (χ1) is 20.6. The zero-order valence-corrected chi connectivity index (χ0v) is 24.4. The average Bonchev–Trinajstić information content (AvgIpc) is 3.38. The predicted molar refractivity (Wildman–Crippen MR) is 164 cm³/mol. The third-order valence-corrected chi connectivity index (χ3v) is 9.35. The lowest BCUT2D eigenvalue weighted by Crippen LogP contribution is -2.50. The molecule has 0 bridgehead atoms. The average molecular weight is 600 g/mol. The van der Waals surface area contributed by atoms with Crippen LogP contribution >= 0.6 is 0 Å². The van der Waals surface area contributed by atoms with Gasteiger partial charge in [0.05, 0.1) is 35.0 Å². The molecule has 0 saturated carbocycles. The molecule has 2 unspecified atom stereocenters. The maximum atomic E-state index is 14.1. The smallest absolute Gasteiger partial charge is 0.252 e. The number of amides is 1. The fourth-order valence-corrected chi connectivity index (χ4v) is 6.60. The van der Waals surface area contributed by atoms with Crippen molar-refractivity contribution in [3.05, 3.63) is 130 Å². The number of hydrogen-bond donors (Lipinski definition) is 4. The van der Waals surface area contributed by atoms with Gasteiger partial charge in [0.25, 0.3) is 5.91 Å². The Balaban J connectivity index is 1.45. The molecule has 0 fully saturated rings. The van der Waals surface area contributed by atoms with Crippen LogP contribution < -0.4 is 11.1 Å². The van der Waals surface area contributed by atoms with Crippen LogP contribution in [0.1, 0.15) is 33.6 Å². The molecule has 1 aromatic heterocycles. The summed E-state index contributed by atoms with van der Waals surface area (Å²) in [4.78, 5) is 22.0. The van der Waals surface area contributed by atoms with Gasteiger partial charge in [0.15, 0.2) is 0 Å². The number of aliphatic hydroxyl groups excluding tert-OH is 1. The fraction of sp³-hybridized carbons (Fsp3) is 0.219. The molecule has 10 nitrogen and oxygen atoms in total. The number of phenolic OH excluding ortho intramolecular Hbond substituents is 1. The number of allylic oxidation sites excluding steroid dienone is 5. The first-order valence-electron chi connectivity index (χ1n) is 13.8. The number of carbonyl (C=O) groups is 1.